The first-order valence-electron chi connectivity index (χ1n) is 14.4. The quantitative estimate of drug-likeness (QED) is 0.306. The normalized spacial score (nSPS) is 20.2. The van der Waals surface area contributed by atoms with Gasteiger partial charge in [0.15, 0.2) is 10.9 Å². The highest BCUT2D eigenvalue weighted by Gasteiger charge is 2.40. The van der Waals surface area contributed by atoms with E-state index in [9.17, 15) is 19.8 Å². The zero-order chi connectivity index (χ0) is 29.4. The highest BCUT2D eigenvalue weighted by atomic mass is 32.1. The van der Waals surface area contributed by atoms with Crippen molar-refractivity contribution in [2.24, 2.45) is 0 Å². The van der Waals surface area contributed by atoms with Crippen molar-refractivity contribution in [2.45, 2.75) is 25.2 Å². The number of aromatic nitrogens is 1. The Hall–Kier alpha value is -3.51. The van der Waals surface area contributed by atoms with Gasteiger partial charge >= 0.3 is 0 Å². The minimum atomic E-state index is -0.508. The van der Waals surface area contributed by atoms with E-state index in [0.29, 0.717) is 24.0 Å². The van der Waals surface area contributed by atoms with E-state index in [-0.39, 0.29) is 45.4 Å². The second-order valence-electron chi connectivity index (χ2n) is 11.1. The molecule has 42 heavy (non-hydrogen) atoms. The van der Waals surface area contributed by atoms with Gasteiger partial charge in [-0.15, -0.1) is 11.3 Å². The fraction of sp³-hybridized carbons (Fsp3) is 0.452. The van der Waals surface area contributed by atoms with Crippen LogP contribution in [0.25, 0.3) is 0 Å². The second kappa shape index (κ2) is 12.0. The molecule has 222 valence electrons. The van der Waals surface area contributed by atoms with E-state index in [4.69, 9.17) is 14.5 Å². The maximum atomic E-state index is 13.4. The number of fused-ring (bicyclic) bond motifs is 3. The van der Waals surface area contributed by atoms with Crippen LogP contribution in [0.15, 0.2) is 23.6 Å². The predicted molar refractivity (Wildman–Crippen MR) is 160 cm³/mol. The Morgan fingerprint density at radius 2 is 1.71 bits per heavy atom. The average Bonchev–Trinajstić information content (AvgIpc) is 3.53. The number of morpholine rings is 1. The van der Waals surface area contributed by atoms with Gasteiger partial charge in [-0.1, -0.05) is 12.1 Å². The first-order chi connectivity index (χ1) is 20.4. The Morgan fingerprint density at radius 3 is 2.38 bits per heavy atom. The van der Waals surface area contributed by atoms with E-state index in [1.54, 1.807) is 29.5 Å². The smallest absolute Gasteiger partial charge is 0.202 e. The van der Waals surface area contributed by atoms with Crippen molar-refractivity contribution in [3.8, 4) is 17.2 Å². The van der Waals surface area contributed by atoms with Gasteiger partial charge in [0.25, 0.3) is 0 Å². The summed E-state index contributed by atoms with van der Waals surface area (Å²) >= 11 is 1.63. The van der Waals surface area contributed by atoms with Crippen LogP contribution in [0.5, 0.6) is 17.2 Å². The lowest BCUT2D eigenvalue weighted by Crippen LogP contribution is -2.44. The van der Waals surface area contributed by atoms with Gasteiger partial charge < -0.3 is 34.8 Å². The number of methoxy groups -OCH3 is 1. The summed E-state index contributed by atoms with van der Waals surface area (Å²) in [6, 6.07) is 4.80. The Balaban J connectivity index is 0.000000470. The number of nitrogens with zero attached hydrogens (tertiary/aromatic N) is 3. The summed E-state index contributed by atoms with van der Waals surface area (Å²) in [6.07, 6.45) is 1.65. The minimum Gasteiger partial charge on any atom is -0.507 e. The molecule has 3 N–H and O–H groups in total. The fourth-order valence-electron chi connectivity index (χ4n) is 6.18. The number of nitrogens with one attached hydrogen (secondary N) is 1. The standard InChI is InChI=1S/C27H27N3O5S.C4H9NO/c1-29-8-10-30(11-9-29)27-28-18(13-36-27)14-6-7-15-17(12-14)25(33)21-22(23(15)31)26(34)20-16(24(21)32)4-3-5-19(20)35-2;1-3-6-4-2-5-1/h3-5,13-14,31,33H,6-12H2,1-2H3;5H,1-4H2. The summed E-state index contributed by atoms with van der Waals surface area (Å²) in [5, 5.41) is 28.7. The molecule has 2 aromatic carbocycles. The topological polar surface area (TPSA) is 124 Å². The summed E-state index contributed by atoms with van der Waals surface area (Å²) in [5.74, 6) is -1.08. The Labute approximate surface area is 248 Å². The van der Waals surface area contributed by atoms with E-state index in [0.717, 1.165) is 69.7 Å². The van der Waals surface area contributed by atoms with Crippen molar-refractivity contribution in [1.29, 1.82) is 0 Å². The van der Waals surface area contributed by atoms with Crippen LogP contribution in [-0.4, -0.2) is 98.3 Å². The number of likely N-dealkylation sites (N-methyl/N-ethyl adjacent to an activating group) is 1. The number of piperazine rings is 1. The first-order valence-corrected chi connectivity index (χ1v) is 15.3. The van der Waals surface area contributed by atoms with Crippen LogP contribution < -0.4 is 15.0 Å². The number of hydrogen-bond acceptors (Lipinski definition) is 11. The zero-order valence-electron chi connectivity index (χ0n) is 23.9. The molecule has 11 heteroatoms. The first kappa shape index (κ1) is 28.6. The highest BCUT2D eigenvalue weighted by molar-refractivity contribution is 7.13. The molecule has 0 saturated carbocycles. The van der Waals surface area contributed by atoms with E-state index >= 15 is 0 Å². The Morgan fingerprint density at radius 1 is 1.00 bits per heavy atom. The number of carbonyl (C=O) groups is 2. The van der Waals surface area contributed by atoms with Crippen LogP contribution in [0.2, 0.25) is 0 Å². The number of phenols is 2. The van der Waals surface area contributed by atoms with E-state index in [2.05, 4.69) is 27.5 Å². The largest absolute Gasteiger partial charge is 0.507 e. The molecule has 3 heterocycles. The predicted octanol–water partition coefficient (Wildman–Crippen LogP) is 2.97. The van der Waals surface area contributed by atoms with Crippen LogP contribution in [-0.2, 0) is 17.6 Å². The van der Waals surface area contributed by atoms with Crippen molar-refractivity contribution in [2.75, 3.05) is 71.5 Å². The SMILES string of the molecule is C1COCCN1.COc1cccc2c1C(=O)c1c(O)c3c(c(O)c1C2=O)CC(c1csc(N2CCN(C)CC2)n1)CC3. The van der Waals surface area contributed by atoms with Gasteiger partial charge in [-0.05, 0) is 32.4 Å². The molecule has 2 saturated heterocycles. The lowest BCUT2D eigenvalue weighted by atomic mass is 9.75. The molecule has 1 atom stereocenters. The molecule has 7 rings (SSSR count). The van der Waals surface area contributed by atoms with Gasteiger partial charge in [0, 0.05) is 67.3 Å². The minimum absolute atomic E-state index is 0.0556. The van der Waals surface area contributed by atoms with Crippen molar-refractivity contribution in [3.05, 3.63) is 62.7 Å². The molecule has 3 aromatic rings. The van der Waals surface area contributed by atoms with E-state index < -0.39 is 11.6 Å². The number of phenolic OH excluding ortho intramolecular Hbond substituents is 2. The summed E-state index contributed by atoms with van der Waals surface area (Å²) in [5.41, 5.74) is 2.09. The monoisotopic (exact) mass is 592 g/mol. The molecule has 4 aliphatic rings. The number of aromatic hydroxyl groups is 2. The number of ketones is 2. The van der Waals surface area contributed by atoms with Gasteiger partial charge in [-0.25, -0.2) is 4.98 Å². The van der Waals surface area contributed by atoms with Gasteiger partial charge in [0.2, 0.25) is 5.78 Å². The third kappa shape index (κ3) is 5.15. The summed E-state index contributed by atoms with van der Waals surface area (Å²) in [4.78, 5) is 36.4. The number of anilines is 1. The van der Waals surface area contributed by atoms with Gasteiger partial charge in [-0.3, -0.25) is 9.59 Å². The molecule has 2 aliphatic heterocycles. The second-order valence-corrected chi connectivity index (χ2v) is 11.9. The molecule has 0 radical (unpaired) electrons. The van der Waals surface area contributed by atoms with Crippen LogP contribution in [0.3, 0.4) is 0 Å². The van der Waals surface area contributed by atoms with Crippen LogP contribution >= 0.6 is 11.3 Å². The Kier molecular flexibility index (Phi) is 8.17. The van der Waals surface area contributed by atoms with Crippen molar-refractivity contribution in [3.63, 3.8) is 0 Å². The summed E-state index contributed by atoms with van der Waals surface area (Å²) in [6.45, 7) is 7.73. The third-order valence-corrected chi connectivity index (χ3v) is 9.49. The molecule has 1 unspecified atom stereocenters. The van der Waals surface area contributed by atoms with Crippen molar-refractivity contribution >= 4 is 28.0 Å². The molecule has 10 nitrogen and oxygen atoms in total. The number of ether oxygens (including phenoxy) is 2. The maximum absolute atomic E-state index is 13.4. The Bertz CT molecular complexity index is 1500. The third-order valence-electron chi connectivity index (χ3n) is 8.57. The van der Waals surface area contributed by atoms with Crippen LogP contribution in [0.1, 0.15) is 61.0 Å². The fourth-order valence-corrected chi connectivity index (χ4v) is 7.14. The van der Waals surface area contributed by atoms with E-state index in [1.165, 1.54) is 7.11 Å². The molecule has 0 bridgehead atoms. The van der Waals surface area contributed by atoms with Gasteiger partial charge in [0.1, 0.15) is 17.2 Å². The number of thiazole rings is 1. The molecule has 2 aliphatic carbocycles. The molecular formula is C31H36N4O6S. The molecule has 0 amide bonds. The molecular weight excluding hydrogens is 556 g/mol. The molecule has 0 spiro atoms. The lowest BCUT2D eigenvalue weighted by Gasteiger charge is -2.32. The average molecular weight is 593 g/mol. The van der Waals surface area contributed by atoms with Crippen LogP contribution in [0.4, 0.5) is 5.13 Å². The molecule has 1 aromatic heterocycles. The van der Waals surface area contributed by atoms with Crippen LogP contribution in [0, 0.1) is 0 Å². The lowest BCUT2D eigenvalue weighted by molar-refractivity contribution is 0.0971. The molecule has 2 fully saturated rings. The van der Waals surface area contributed by atoms with E-state index in [1.807, 2.05) is 0 Å². The number of carbonyl (C=O) groups excluding carboxylic acids is 2. The number of benzene rings is 2. The number of hydrogen-bond donors (Lipinski definition) is 3. The van der Waals surface area contributed by atoms with Crippen molar-refractivity contribution < 1.29 is 29.3 Å². The van der Waals surface area contributed by atoms with Gasteiger partial charge in [0.05, 0.1) is 42.7 Å². The maximum Gasteiger partial charge on any atom is 0.202 e. The number of rotatable bonds is 3. The van der Waals surface area contributed by atoms with Gasteiger partial charge in [-0.2, -0.15) is 0 Å². The summed E-state index contributed by atoms with van der Waals surface area (Å²) in [7, 11) is 3.55. The summed E-state index contributed by atoms with van der Waals surface area (Å²) < 4.78 is 10.3. The highest BCUT2D eigenvalue weighted by Crippen LogP contribution is 2.48. The zero-order valence-corrected chi connectivity index (χ0v) is 24.8. The van der Waals surface area contributed by atoms with Crippen molar-refractivity contribution in [1.82, 2.24) is 15.2 Å².